The minimum absolute atomic E-state index is 0.0668. The molecule has 20 heavy (non-hydrogen) atoms. The van der Waals surface area contributed by atoms with Gasteiger partial charge in [-0.25, -0.2) is 0 Å². The number of benzene rings is 1. The Hall–Kier alpha value is -1.51. The quantitative estimate of drug-likeness (QED) is 0.812. The van der Waals surface area contributed by atoms with Gasteiger partial charge in [-0.3, -0.25) is 4.79 Å². The van der Waals surface area contributed by atoms with E-state index in [-0.39, 0.29) is 5.91 Å². The van der Waals surface area contributed by atoms with Crippen LogP contribution in [0.3, 0.4) is 0 Å². The molecule has 0 spiro atoms. The summed E-state index contributed by atoms with van der Waals surface area (Å²) in [7, 11) is 0. The van der Waals surface area contributed by atoms with Gasteiger partial charge in [-0.05, 0) is 73.6 Å². The molecule has 106 valence electrons. The number of hydrogen-bond donors (Lipinski definition) is 2. The number of rotatable bonds is 2. The van der Waals surface area contributed by atoms with Crippen LogP contribution in [-0.4, -0.2) is 11.9 Å². The molecule has 3 saturated carbocycles. The standard InChI is InChI=1S/C17H22N2O/c18-12-6-4-10(5-7-12)17(20)19-16-9-11-8-15(16)14-3-1-2-13(11)14/h4-7,11,13-16H,1-3,8-9,18H2,(H,19,20)/t11-,13-,14-,15-,16-/m0/s1. The highest BCUT2D eigenvalue weighted by atomic mass is 16.1. The van der Waals surface area contributed by atoms with E-state index in [2.05, 4.69) is 5.32 Å². The van der Waals surface area contributed by atoms with Crippen LogP contribution in [0.4, 0.5) is 5.69 Å². The van der Waals surface area contributed by atoms with E-state index in [1.165, 1.54) is 32.1 Å². The first-order chi connectivity index (χ1) is 9.72. The molecule has 3 heteroatoms. The van der Waals surface area contributed by atoms with Crippen LogP contribution in [0.15, 0.2) is 24.3 Å². The molecular weight excluding hydrogens is 248 g/mol. The molecule has 0 radical (unpaired) electrons. The molecule has 0 aromatic heterocycles. The Labute approximate surface area is 119 Å². The van der Waals surface area contributed by atoms with Gasteiger partial charge in [0.2, 0.25) is 0 Å². The number of fused-ring (bicyclic) bond motifs is 5. The van der Waals surface area contributed by atoms with Crippen molar-refractivity contribution < 1.29 is 4.79 Å². The van der Waals surface area contributed by atoms with Crippen molar-refractivity contribution >= 4 is 11.6 Å². The molecule has 3 aliphatic rings. The summed E-state index contributed by atoms with van der Waals surface area (Å²) in [4.78, 5) is 12.3. The lowest BCUT2D eigenvalue weighted by molar-refractivity contribution is 0.0901. The van der Waals surface area contributed by atoms with Crippen molar-refractivity contribution in [2.24, 2.45) is 23.7 Å². The van der Waals surface area contributed by atoms with Crippen LogP contribution >= 0.6 is 0 Å². The third-order valence-electron chi connectivity index (χ3n) is 5.92. The normalized spacial score (nSPS) is 37.9. The van der Waals surface area contributed by atoms with Gasteiger partial charge in [0, 0.05) is 17.3 Å². The maximum absolute atomic E-state index is 12.3. The summed E-state index contributed by atoms with van der Waals surface area (Å²) < 4.78 is 0. The summed E-state index contributed by atoms with van der Waals surface area (Å²) in [6, 6.07) is 7.63. The van der Waals surface area contributed by atoms with Crippen molar-refractivity contribution in [1.29, 1.82) is 0 Å². The Bertz CT molecular complexity index is 524. The third-order valence-corrected chi connectivity index (χ3v) is 5.92. The first-order valence-electron chi connectivity index (χ1n) is 7.89. The largest absolute Gasteiger partial charge is 0.399 e. The Kier molecular flexibility index (Phi) is 2.76. The van der Waals surface area contributed by atoms with Crippen molar-refractivity contribution in [2.45, 2.75) is 38.1 Å². The zero-order valence-corrected chi connectivity index (χ0v) is 11.7. The maximum atomic E-state index is 12.3. The Morgan fingerprint density at radius 1 is 1.05 bits per heavy atom. The molecule has 1 aromatic carbocycles. The van der Waals surface area contributed by atoms with E-state index in [1.807, 2.05) is 12.1 Å². The lowest BCUT2D eigenvalue weighted by Gasteiger charge is -2.32. The topological polar surface area (TPSA) is 55.1 Å². The molecule has 4 rings (SSSR count). The van der Waals surface area contributed by atoms with Crippen LogP contribution in [0.25, 0.3) is 0 Å². The minimum atomic E-state index is 0.0668. The Morgan fingerprint density at radius 2 is 1.80 bits per heavy atom. The molecule has 1 aromatic rings. The molecule has 0 aliphatic heterocycles. The maximum Gasteiger partial charge on any atom is 0.251 e. The van der Waals surface area contributed by atoms with Gasteiger partial charge < -0.3 is 11.1 Å². The predicted octanol–water partition coefficient (Wildman–Crippen LogP) is 2.82. The number of anilines is 1. The summed E-state index contributed by atoms with van der Waals surface area (Å²) in [6.45, 7) is 0. The van der Waals surface area contributed by atoms with Crippen LogP contribution in [0.1, 0.15) is 42.5 Å². The lowest BCUT2D eigenvalue weighted by Crippen LogP contribution is -2.42. The highest BCUT2D eigenvalue weighted by Gasteiger charge is 2.53. The fourth-order valence-electron chi connectivity index (χ4n) is 5.12. The third kappa shape index (κ3) is 1.83. The molecule has 5 atom stereocenters. The number of carbonyl (C=O) groups excluding carboxylic acids is 1. The smallest absolute Gasteiger partial charge is 0.251 e. The van der Waals surface area contributed by atoms with E-state index >= 15 is 0 Å². The highest BCUT2D eigenvalue weighted by molar-refractivity contribution is 5.94. The van der Waals surface area contributed by atoms with Gasteiger partial charge in [-0.15, -0.1) is 0 Å². The van der Waals surface area contributed by atoms with Crippen LogP contribution in [0, 0.1) is 23.7 Å². The number of amides is 1. The first kappa shape index (κ1) is 12.2. The SMILES string of the molecule is Nc1ccc(C(=O)N[C@H]2C[C@@H]3C[C@H]2[C@H]2CCC[C@@H]32)cc1. The molecular formula is C17H22N2O. The molecule has 0 heterocycles. The van der Waals surface area contributed by atoms with Crippen LogP contribution in [-0.2, 0) is 0 Å². The van der Waals surface area contributed by atoms with Gasteiger partial charge in [0.15, 0.2) is 0 Å². The van der Waals surface area contributed by atoms with Crippen LogP contribution in [0.5, 0.6) is 0 Å². The summed E-state index contributed by atoms with van der Waals surface area (Å²) in [6.07, 6.45) is 6.78. The van der Waals surface area contributed by atoms with Gasteiger partial charge in [-0.2, -0.15) is 0 Å². The molecule has 1 amide bonds. The first-order valence-corrected chi connectivity index (χ1v) is 7.89. The van der Waals surface area contributed by atoms with Crippen LogP contribution < -0.4 is 11.1 Å². The van der Waals surface area contributed by atoms with Gasteiger partial charge >= 0.3 is 0 Å². The molecule has 3 fully saturated rings. The summed E-state index contributed by atoms with van der Waals surface area (Å²) >= 11 is 0. The zero-order chi connectivity index (χ0) is 13.7. The number of hydrogen-bond acceptors (Lipinski definition) is 2. The fourth-order valence-corrected chi connectivity index (χ4v) is 5.12. The van der Waals surface area contributed by atoms with E-state index in [4.69, 9.17) is 5.73 Å². The van der Waals surface area contributed by atoms with E-state index in [1.54, 1.807) is 12.1 Å². The van der Waals surface area contributed by atoms with E-state index < -0.39 is 0 Å². The molecule has 2 bridgehead atoms. The number of carbonyl (C=O) groups is 1. The average molecular weight is 270 g/mol. The van der Waals surface area contributed by atoms with E-state index in [9.17, 15) is 4.79 Å². The fraction of sp³-hybridized carbons (Fsp3) is 0.588. The van der Waals surface area contributed by atoms with Crippen molar-refractivity contribution in [3.63, 3.8) is 0 Å². The van der Waals surface area contributed by atoms with Crippen molar-refractivity contribution in [3.8, 4) is 0 Å². The van der Waals surface area contributed by atoms with Crippen LogP contribution in [0.2, 0.25) is 0 Å². The lowest BCUT2D eigenvalue weighted by atomic mass is 9.79. The van der Waals surface area contributed by atoms with E-state index in [0.29, 0.717) is 11.7 Å². The zero-order valence-electron chi connectivity index (χ0n) is 11.7. The predicted molar refractivity (Wildman–Crippen MR) is 79.2 cm³/mol. The van der Waals surface area contributed by atoms with Gasteiger partial charge in [0.05, 0.1) is 0 Å². The molecule has 3 aliphatic carbocycles. The van der Waals surface area contributed by atoms with Crippen molar-refractivity contribution in [1.82, 2.24) is 5.32 Å². The Morgan fingerprint density at radius 3 is 2.60 bits per heavy atom. The molecule has 3 N–H and O–H groups in total. The number of nitrogens with two attached hydrogens (primary N) is 1. The monoisotopic (exact) mass is 270 g/mol. The molecule has 0 unspecified atom stereocenters. The van der Waals surface area contributed by atoms with Gasteiger partial charge in [-0.1, -0.05) is 6.42 Å². The second-order valence-electron chi connectivity index (χ2n) is 6.86. The highest BCUT2D eigenvalue weighted by Crippen LogP contribution is 2.58. The average Bonchev–Trinajstić information content (AvgIpc) is 3.11. The Balaban J connectivity index is 1.45. The number of nitrogen functional groups attached to an aromatic ring is 1. The van der Waals surface area contributed by atoms with Crippen molar-refractivity contribution in [3.05, 3.63) is 29.8 Å². The summed E-state index contributed by atoms with van der Waals surface area (Å²) in [5.41, 5.74) is 7.10. The van der Waals surface area contributed by atoms with Gasteiger partial charge in [0.25, 0.3) is 5.91 Å². The minimum Gasteiger partial charge on any atom is -0.399 e. The van der Waals surface area contributed by atoms with E-state index in [0.717, 1.165) is 29.2 Å². The molecule has 0 saturated heterocycles. The summed E-state index contributed by atoms with van der Waals surface area (Å²) in [5, 5.41) is 3.28. The number of nitrogens with one attached hydrogen (secondary N) is 1. The van der Waals surface area contributed by atoms with Gasteiger partial charge in [0.1, 0.15) is 0 Å². The summed E-state index contributed by atoms with van der Waals surface area (Å²) in [5.74, 6) is 3.56. The second kappa shape index (κ2) is 4.51. The van der Waals surface area contributed by atoms with Crippen molar-refractivity contribution in [2.75, 3.05) is 5.73 Å². The second-order valence-corrected chi connectivity index (χ2v) is 6.86. The molecule has 3 nitrogen and oxygen atoms in total.